The Bertz CT molecular complexity index is 1360. The maximum Gasteiger partial charge on any atom is 0.254 e. The summed E-state index contributed by atoms with van der Waals surface area (Å²) in [6.07, 6.45) is 0.709. The summed E-state index contributed by atoms with van der Waals surface area (Å²) in [6, 6.07) is 19.4. The molecule has 44 heavy (non-hydrogen) atoms. The zero-order valence-corrected chi connectivity index (χ0v) is 26.8. The number of nitrogens with one attached hydrogen (secondary N) is 1. The molecule has 1 amide bonds. The minimum atomic E-state index is -0.0463. The molecular formula is C35H46N2O7. The Morgan fingerprint density at radius 1 is 0.886 bits per heavy atom. The molecule has 238 valence electrons. The predicted molar refractivity (Wildman–Crippen MR) is 171 cm³/mol. The first kappa shape index (κ1) is 33.1. The van der Waals surface area contributed by atoms with Crippen molar-refractivity contribution >= 4 is 5.91 Å². The normalized spacial score (nSPS) is 16.2. The summed E-state index contributed by atoms with van der Waals surface area (Å²) < 4.78 is 34.0. The van der Waals surface area contributed by atoms with Crippen molar-refractivity contribution in [1.29, 1.82) is 0 Å². The van der Waals surface area contributed by atoms with Crippen molar-refractivity contribution in [2.24, 2.45) is 5.92 Å². The lowest BCUT2D eigenvalue weighted by atomic mass is 10.0. The fourth-order valence-electron chi connectivity index (χ4n) is 5.41. The topological polar surface area (TPSA) is 87.7 Å². The van der Waals surface area contributed by atoms with Crippen LogP contribution in [-0.4, -0.2) is 84.2 Å². The zero-order chi connectivity index (χ0) is 31.5. The van der Waals surface area contributed by atoms with Crippen LogP contribution in [0.2, 0.25) is 0 Å². The van der Waals surface area contributed by atoms with Crippen molar-refractivity contribution in [3.63, 3.8) is 0 Å². The second-order valence-corrected chi connectivity index (χ2v) is 11.1. The Kier molecular flexibility index (Phi) is 12.3. The second-order valence-electron chi connectivity index (χ2n) is 11.1. The Morgan fingerprint density at radius 2 is 1.68 bits per heavy atom. The molecule has 1 fully saturated rings. The van der Waals surface area contributed by atoms with Gasteiger partial charge < -0.3 is 38.6 Å². The summed E-state index contributed by atoms with van der Waals surface area (Å²) in [5.41, 5.74) is 3.61. The highest BCUT2D eigenvalue weighted by Crippen LogP contribution is 2.34. The first-order valence-corrected chi connectivity index (χ1v) is 15.1. The number of hydrogen-bond donors (Lipinski definition) is 1. The van der Waals surface area contributed by atoms with E-state index in [2.05, 4.69) is 23.5 Å². The van der Waals surface area contributed by atoms with Crippen LogP contribution in [0, 0.1) is 5.92 Å². The van der Waals surface area contributed by atoms with Gasteiger partial charge in [-0.1, -0.05) is 18.2 Å². The maximum absolute atomic E-state index is 13.8. The predicted octanol–water partition coefficient (Wildman–Crippen LogP) is 5.45. The highest BCUT2D eigenvalue weighted by Gasteiger charge is 2.32. The molecule has 1 aliphatic rings. The quantitative estimate of drug-likeness (QED) is 0.216. The molecule has 0 saturated carbocycles. The number of carbonyl (C=O) groups is 1. The summed E-state index contributed by atoms with van der Waals surface area (Å²) in [5, 5.41) is 3.46. The van der Waals surface area contributed by atoms with Gasteiger partial charge in [0.1, 0.15) is 11.5 Å². The number of rotatable bonds is 16. The van der Waals surface area contributed by atoms with Gasteiger partial charge in [-0.3, -0.25) is 4.79 Å². The standard InChI is InChI=1S/C35H46N2O7/c1-24(2)37(35(38)27-11-13-32(42-6)33(18-27)43-16-8-15-39-3)22-28-20-36-21-34(28)44-23-25-9-7-10-26(17-25)30-19-29(40-4)12-14-31(30)41-5/h7,9-14,17-19,24,28,34,36H,8,15-16,20-23H2,1-6H3/t28-,34-/m0/s1. The fraction of sp³-hybridized carbons (Fsp3) is 0.457. The van der Waals surface area contributed by atoms with Crippen molar-refractivity contribution in [2.45, 2.75) is 39.0 Å². The lowest BCUT2D eigenvalue weighted by Crippen LogP contribution is -2.43. The first-order valence-electron chi connectivity index (χ1n) is 15.1. The number of ether oxygens (including phenoxy) is 6. The summed E-state index contributed by atoms with van der Waals surface area (Å²) in [7, 11) is 6.58. The van der Waals surface area contributed by atoms with Crippen LogP contribution in [0.25, 0.3) is 11.1 Å². The summed E-state index contributed by atoms with van der Waals surface area (Å²) in [5.74, 6) is 2.80. The number of benzene rings is 3. The van der Waals surface area contributed by atoms with Crippen LogP contribution in [0.3, 0.4) is 0 Å². The molecule has 3 aromatic rings. The Labute approximate surface area is 261 Å². The van der Waals surface area contributed by atoms with Crippen LogP contribution in [0.5, 0.6) is 23.0 Å². The van der Waals surface area contributed by atoms with E-state index in [9.17, 15) is 4.79 Å². The average molecular weight is 607 g/mol. The minimum Gasteiger partial charge on any atom is -0.497 e. The average Bonchev–Trinajstić information content (AvgIpc) is 3.50. The molecule has 9 nitrogen and oxygen atoms in total. The fourth-order valence-corrected chi connectivity index (χ4v) is 5.41. The molecule has 3 aromatic carbocycles. The van der Waals surface area contributed by atoms with Crippen LogP contribution >= 0.6 is 0 Å². The van der Waals surface area contributed by atoms with E-state index in [4.69, 9.17) is 28.4 Å². The minimum absolute atomic E-state index is 0.00597. The third-order valence-electron chi connectivity index (χ3n) is 7.86. The Morgan fingerprint density at radius 3 is 2.41 bits per heavy atom. The van der Waals surface area contributed by atoms with Crippen LogP contribution in [-0.2, 0) is 16.1 Å². The number of methoxy groups -OCH3 is 4. The molecule has 2 atom stereocenters. The molecule has 1 aliphatic heterocycles. The molecule has 0 unspecified atom stereocenters. The largest absolute Gasteiger partial charge is 0.497 e. The van der Waals surface area contributed by atoms with Gasteiger partial charge in [0.15, 0.2) is 11.5 Å². The van der Waals surface area contributed by atoms with E-state index in [1.165, 1.54) is 0 Å². The van der Waals surface area contributed by atoms with Crippen molar-refractivity contribution in [3.8, 4) is 34.1 Å². The smallest absolute Gasteiger partial charge is 0.254 e. The third-order valence-corrected chi connectivity index (χ3v) is 7.86. The van der Waals surface area contributed by atoms with Gasteiger partial charge in [0.05, 0.1) is 40.6 Å². The van der Waals surface area contributed by atoms with Crippen molar-refractivity contribution in [2.75, 3.05) is 61.3 Å². The first-order chi connectivity index (χ1) is 21.4. The van der Waals surface area contributed by atoms with Crippen LogP contribution < -0.4 is 24.3 Å². The monoisotopic (exact) mass is 606 g/mol. The van der Waals surface area contributed by atoms with E-state index in [1.54, 1.807) is 46.6 Å². The lowest BCUT2D eigenvalue weighted by Gasteiger charge is -2.31. The van der Waals surface area contributed by atoms with Crippen molar-refractivity contribution in [1.82, 2.24) is 10.2 Å². The molecule has 0 radical (unpaired) electrons. The van der Waals surface area contributed by atoms with Gasteiger partial charge in [-0.2, -0.15) is 0 Å². The Hall–Kier alpha value is -3.79. The number of nitrogens with zero attached hydrogens (tertiary/aromatic N) is 1. The molecule has 1 heterocycles. The van der Waals surface area contributed by atoms with E-state index in [1.807, 2.05) is 43.0 Å². The highest BCUT2D eigenvalue weighted by molar-refractivity contribution is 5.95. The zero-order valence-electron chi connectivity index (χ0n) is 26.8. The van der Waals surface area contributed by atoms with E-state index in [0.717, 1.165) is 47.7 Å². The van der Waals surface area contributed by atoms with Crippen molar-refractivity contribution in [3.05, 3.63) is 71.8 Å². The molecule has 0 bridgehead atoms. The number of hydrogen-bond acceptors (Lipinski definition) is 8. The molecular weight excluding hydrogens is 560 g/mol. The molecule has 1 saturated heterocycles. The van der Waals surface area contributed by atoms with Gasteiger partial charge >= 0.3 is 0 Å². The lowest BCUT2D eigenvalue weighted by molar-refractivity contribution is 0.0129. The van der Waals surface area contributed by atoms with Crippen LogP contribution in [0.15, 0.2) is 60.7 Å². The van der Waals surface area contributed by atoms with Crippen LogP contribution in [0.4, 0.5) is 0 Å². The van der Waals surface area contributed by atoms with E-state index in [0.29, 0.717) is 43.4 Å². The van der Waals surface area contributed by atoms with Gasteiger partial charge in [0.2, 0.25) is 0 Å². The van der Waals surface area contributed by atoms with Gasteiger partial charge in [-0.05, 0) is 67.4 Å². The summed E-state index contributed by atoms with van der Waals surface area (Å²) in [4.78, 5) is 15.7. The van der Waals surface area contributed by atoms with E-state index < -0.39 is 0 Å². The summed E-state index contributed by atoms with van der Waals surface area (Å²) in [6.45, 7) is 7.70. The molecule has 0 aromatic heterocycles. The maximum atomic E-state index is 13.8. The number of amides is 1. The highest BCUT2D eigenvalue weighted by atomic mass is 16.5. The van der Waals surface area contributed by atoms with Crippen molar-refractivity contribution < 1.29 is 33.2 Å². The van der Waals surface area contributed by atoms with Gasteiger partial charge in [-0.15, -0.1) is 0 Å². The van der Waals surface area contributed by atoms with Gasteiger partial charge in [-0.25, -0.2) is 0 Å². The molecule has 9 heteroatoms. The van der Waals surface area contributed by atoms with Crippen LogP contribution in [0.1, 0.15) is 36.2 Å². The van der Waals surface area contributed by atoms with E-state index in [-0.39, 0.29) is 24.0 Å². The molecule has 0 spiro atoms. The SMILES string of the molecule is COCCCOc1cc(C(=O)N(C[C@@H]2CNC[C@@H]2OCc2cccc(-c3cc(OC)ccc3OC)c2)C(C)C)ccc1OC. The second kappa shape index (κ2) is 16.3. The molecule has 0 aliphatic carbocycles. The Balaban J connectivity index is 1.43. The summed E-state index contributed by atoms with van der Waals surface area (Å²) >= 11 is 0. The van der Waals surface area contributed by atoms with Gasteiger partial charge in [0.25, 0.3) is 5.91 Å². The number of carbonyl (C=O) groups excluding carboxylic acids is 1. The van der Waals surface area contributed by atoms with Gasteiger partial charge in [0, 0.05) is 62.9 Å². The van der Waals surface area contributed by atoms with E-state index >= 15 is 0 Å². The molecule has 1 N–H and O–H groups in total. The molecule has 4 rings (SSSR count). The third kappa shape index (κ3) is 8.43.